The second-order valence-corrected chi connectivity index (χ2v) is 3.20. The SMILES string of the molecule is CC=CC(C)Nc1cc(F)c(F)cc1F. The van der Waals surface area contributed by atoms with Crippen molar-refractivity contribution < 1.29 is 13.2 Å². The van der Waals surface area contributed by atoms with Crippen LogP contribution in [0, 0.1) is 17.5 Å². The van der Waals surface area contributed by atoms with Gasteiger partial charge < -0.3 is 5.32 Å². The predicted molar refractivity (Wildman–Crippen MR) is 54.2 cm³/mol. The van der Waals surface area contributed by atoms with E-state index in [-0.39, 0.29) is 11.7 Å². The van der Waals surface area contributed by atoms with Crippen molar-refractivity contribution in [2.24, 2.45) is 0 Å². The van der Waals surface area contributed by atoms with Gasteiger partial charge in [-0.25, -0.2) is 13.2 Å². The van der Waals surface area contributed by atoms with Crippen molar-refractivity contribution in [3.8, 4) is 0 Å². The number of benzene rings is 1. The van der Waals surface area contributed by atoms with Crippen molar-refractivity contribution in [1.82, 2.24) is 0 Å². The zero-order valence-electron chi connectivity index (χ0n) is 8.52. The van der Waals surface area contributed by atoms with Gasteiger partial charge in [-0.05, 0) is 13.8 Å². The Bertz CT molecular complexity index is 374. The zero-order valence-corrected chi connectivity index (χ0v) is 8.52. The number of anilines is 1. The van der Waals surface area contributed by atoms with Crippen LogP contribution in [0.3, 0.4) is 0 Å². The van der Waals surface area contributed by atoms with Crippen molar-refractivity contribution in [3.63, 3.8) is 0 Å². The highest BCUT2D eigenvalue weighted by Crippen LogP contribution is 2.19. The van der Waals surface area contributed by atoms with Crippen LogP contribution in [0.2, 0.25) is 0 Å². The lowest BCUT2D eigenvalue weighted by molar-refractivity contribution is 0.496. The molecule has 0 aliphatic carbocycles. The van der Waals surface area contributed by atoms with Crippen LogP contribution in [0.5, 0.6) is 0 Å². The summed E-state index contributed by atoms with van der Waals surface area (Å²) in [7, 11) is 0. The first-order valence-electron chi connectivity index (χ1n) is 4.58. The van der Waals surface area contributed by atoms with E-state index in [1.54, 1.807) is 19.1 Å². The second kappa shape index (κ2) is 4.87. The maximum absolute atomic E-state index is 13.1. The maximum atomic E-state index is 13.1. The lowest BCUT2D eigenvalue weighted by Crippen LogP contribution is -2.13. The largest absolute Gasteiger partial charge is 0.377 e. The third kappa shape index (κ3) is 3.01. The van der Waals surface area contributed by atoms with Crippen LogP contribution in [0.1, 0.15) is 13.8 Å². The molecule has 82 valence electrons. The number of allylic oxidation sites excluding steroid dienone is 1. The summed E-state index contributed by atoms with van der Waals surface area (Å²) in [4.78, 5) is 0. The Labute approximate surface area is 86.6 Å². The second-order valence-electron chi connectivity index (χ2n) is 3.20. The summed E-state index contributed by atoms with van der Waals surface area (Å²) in [6.45, 7) is 3.60. The van der Waals surface area contributed by atoms with Crippen LogP contribution >= 0.6 is 0 Å². The molecule has 0 spiro atoms. The number of rotatable bonds is 3. The predicted octanol–water partition coefficient (Wildman–Crippen LogP) is 3.48. The highest BCUT2D eigenvalue weighted by molar-refractivity contribution is 5.46. The van der Waals surface area contributed by atoms with Crippen molar-refractivity contribution in [2.75, 3.05) is 5.32 Å². The molecule has 0 saturated carbocycles. The lowest BCUT2D eigenvalue weighted by atomic mass is 10.2. The molecule has 1 unspecified atom stereocenters. The first-order valence-corrected chi connectivity index (χ1v) is 4.58. The van der Waals surface area contributed by atoms with Crippen LogP contribution < -0.4 is 5.32 Å². The van der Waals surface area contributed by atoms with Gasteiger partial charge >= 0.3 is 0 Å². The summed E-state index contributed by atoms with van der Waals surface area (Å²) in [5.41, 5.74) is -0.0421. The van der Waals surface area contributed by atoms with Crippen molar-refractivity contribution in [2.45, 2.75) is 19.9 Å². The molecule has 4 heteroatoms. The molecule has 0 heterocycles. The van der Waals surface area contributed by atoms with E-state index in [0.29, 0.717) is 6.07 Å². The summed E-state index contributed by atoms with van der Waals surface area (Å²) in [5, 5.41) is 2.71. The van der Waals surface area contributed by atoms with Crippen LogP contribution in [0.15, 0.2) is 24.3 Å². The number of nitrogens with one attached hydrogen (secondary N) is 1. The Hall–Kier alpha value is -1.45. The molecule has 1 aromatic rings. The summed E-state index contributed by atoms with van der Waals surface area (Å²) >= 11 is 0. The normalized spacial score (nSPS) is 13.1. The van der Waals surface area contributed by atoms with Crippen LogP contribution in [-0.4, -0.2) is 6.04 Å². The third-order valence-corrected chi connectivity index (χ3v) is 1.87. The van der Waals surface area contributed by atoms with Gasteiger partial charge in [0, 0.05) is 18.2 Å². The summed E-state index contributed by atoms with van der Waals surface area (Å²) in [5.74, 6) is -3.05. The van der Waals surface area contributed by atoms with E-state index < -0.39 is 17.5 Å². The number of hydrogen-bond donors (Lipinski definition) is 1. The minimum absolute atomic E-state index is 0.0421. The molecule has 1 atom stereocenters. The zero-order chi connectivity index (χ0) is 11.4. The molecule has 0 saturated heterocycles. The van der Waals surface area contributed by atoms with Gasteiger partial charge in [-0.2, -0.15) is 0 Å². The van der Waals surface area contributed by atoms with Crippen molar-refractivity contribution in [3.05, 3.63) is 41.7 Å². The van der Waals surface area contributed by atoms with Crippen LogP contribution in [0.4, 0.5) is 18.9 Å². The maximum Gasteiger partial charge on any atom is 0.161 e. The van der Waals surface area contributed by atoms with Gasteiger partial charge in [0.2, 0.25) is 0 Å². The number of hydrogen-bond acceptors (Lipinski definition) is 1. The van der Waals surface area contributed by atoms with E-state index in [1.807, 2.05) is 6.92 Å². The highest BCUT2D eigenvalue weighted by atomic mass is 19.2. The Morgan fingerprint density at radius 3 is 2.33 bits per heavy atom. The molecule has 0 aliphatic heterocycles. The molecule has 1 aromatic carbocycles. The molecule has 0 radical (unpaired) electrons. The monoisotopic (exact) mass is 215 g/mol. The minimum Gasteiger partial charge on any atom is -0.377 e. The van der Waals surface area contributed by atoms with Gasteiger partial charge in [-0.3, -0.25) is 0 Å². The molecule has 0 amide bonds. The fourth-order valence-electron chi connectivity index (χ4n) is 1.22. The highest BCUT2D eigenvalue weighted by Gasteiger charge is 2.10. The fraction of sp³-hybridized carbons (Fsp3) is 0.273. The topological polar surface area (TPSA) is 12.0 Å². The summed E-state index contributed by atoms with van der Waals surface area (Å²) < 4.78 is 38.5. The standard InChI is InChI=1S/C11H12F3N/c1-3-4-7(2)15-11-6-9(13)8(12)5-10(11)14/h3-7,15H,1-2H3. The van der Waals surface area contributed by atoms with Gasteiger partial charge in [0.05, 0.1) is 5.69 Å². The molecular weight excluding hydrogens is 203 g/mol. The van der Waals surface area contributed by atoms with Gasteiger partial charge in [0.15, 0.2) is 11.6 Å². The van der Waals surface area contributed by atoms with Crippen molar-refractivity contribution in [1.29, 1.82) is 0 Å². The van der Waals surface area contributed by atoms with E-state index in [9.17, 15) is 13.2 Å². The Balaban J connectivity index is 2.90. The van der Waals surface area contributed by atoms with Crippen LogP contribution in [-0.2, 0) is 0 Å². The first kappa shape index (κ1) is 11.6. The quantitative estimate of drug-likeness (QED) is 0.601. The average Bonchev–Trinajstić information content (AvgIpc) is 2.14. The third-order valence-electron chi connectivity index (χ3n) is 1.87. The van der Waals surface area contributed by atoms with Gasteiger partial charge in [-0.1, -0.05) is 12.2 Å². The van der Waals surface area contributed by atoms with Crippen molar-refractivity contribution >= 4 is 5.69 Å². The molecule has 0 fully saturated rings. The van der Waals surface area contributed by atoms with E-state index in [2.05, 4.69) is 5.32 Å². The summed E-state index contributed by atoms with van der Waals surface area (Å²) in [6, 6.07) is 1.19. The van der Waals surface area contributed by atoms with Gasteiger partial charge in [-0.15, -0.1) is 0 Å². The summed E-state index contributed by atoms with van der Waals surface area (Å²) in [6.07, 6.45) is 3.57. The minimum atomic E-state index is -1.18. The number of halogens is 3. The molecule has 0 aromatic heterocycles. The Kier molecular flexibility index (Phi) is 3.77. The molecule has 0 bridgehead atoms. The average molecular weight is 215 g/mol. The molecule has 15 heavy (non-hydrogen) atoms. The Morgan fingerprint density at radius 2 is 1.73 bits per heavy atom. The molecule has 1 N–H and O–H groups in total. The molecular formula is C11H12F3N. The van der Waals surface area contributed by atoms with E-state index in [4.69, 9.17) is 0 Å². The Morgan fingerprint density at radius 1 is 1.13 bits per heavy atom. The first-order chi connectivity index (χ1) is 7.04. The lowest BCUT2D eigenvalue weighted by Gasteiger charge is -2.12. The molecule has 1 nitrogen and oxygen atoms in total. The molecule has 0 aliphatic rings. The smallest absolute Gasteiger partial charge is 0.161 e. The van der Waals surface area contributed by atoms with E-state index >= 15 is 0 Å². The van der Waals surface area contributed by atoms with Crippen LogP contribution in [0.25, 0.3) is 0 Å². The van der Waals surface area contributed by atoms with Gasteiger partial charge in [0.1, 0.15) is 5.82 Å². The molecule has 1 rings (SSSR count). The van der Waals surface area contributed by atoms with E-state index in [0.717, 1.165) is 6.07 Å². The van der Waals surface area contributed by atoms with E-state index in [1.165, 1.54) is 0 Å². The fourth-order valence-corrected chi connectivity index (χ4v) is 1.22. The van der Waals surface area contributed by atoms with Gasteiger partial charge in [0.25, 0.3) is 0 Å².